The predicted octanol–water partition coefficient (Wildman–Crippen LogP) is 2.52. The second kappa shape index (κ2) is 5.64. The molecule has 2 aromatic rings. The molecule has 0 amide bonds. The van der Waals surface area contributed by atoms with Crippen molar-refractivity contribution in [2.45, 2.75) is 18.4 Å². The zero-order chi connectivity index (χ0) is 14.8. The fraction of sp³-hybridized carbons (Fsp3) is 0.200. The van der Waals surface area contributed by atoms with Gasteiger partial charge in [-0.1, -0.05) is 30.3 Å². The summed E-state index contributed by atoms with van der Waals surface area (Å²) >= 11 is 0. The Morgan fingerprint density at radius 2 is 1.80 bits per heavy atom. The largest absolute Gasteiger partial charge is 0.508 e. The quantitative estimate of drug-likeness (QED) is 0.941. The minimum absolute atomic E-state index is 0.0598. The molecule has 0 fully saturated rings. The van der Waals surface area contributed by atoms with Crippen LogP contribution in [0.2, 0.25) is 0 Å². The second-order valence-corrected chi connectivity index (χ2v) is 6.73. The lowest BCUT2D eigenvalue weighted by Crippen LogP contribution is -2.26. The fourth-order valence-corrected chi connectivity index (χ4v) is 3.13. The molecule has 0 saturated carbocycles. The molecule has 0 aliphatic carbocycles. The molecule has 0 aliphatic rings. The minimum Gasteiger partial charge on any atom is -0.508 e. The van der Waals surface area contributed by atoms with E-state index in [4.69, 9.17) is 0 Å². The van der Waals surface area contributed by atoms with Crippen molar-refractivity contribution >= 4 is 10.0 Å². The van der Waals surface area contributed by atoms with Crippen LogP contribution in [0, 0.1) is 6.92 Å². The van der Waals surface area contributed by atoms with Crippen molar-refractivity contribution in [1.29, 1.82) is 0 Å². The lowest BCUT2D eigenvalue weighted by molar-refractivity contribution is 0.459. The molecule has 0 aromatic heterocycles. The average molecular weight is 291 g/mol. The van der Waals surface area contributed by atoms with E-state index in [9.17, 15) is 13.5 Å². The first kappa shape index (κ1) is 14.6. The Balaban J connectivity index is 2.29. The predicted molar refractivity (Wildman–Crippen MR) is 77.9 cm³/mol. The molecule has 0 aliphatic heterocycles. The monoisotopic (exact) mass is 291 g/mol. The van der Waals surface area contributed by atoms with Crippen LogP contribution >= 0.6 is 0 Å². The van der Waals surface area contributed by atoms with Gasteiger partial charge in [-0.15, -0.1) is 0 Å². The Labute approximate surface area is 119 Å². The maximum Gasteiger partial charge on any atom is 0.243 e. The SMILES string of the molecule is Cc1ccccc1CN(C)S(=O)(=O)c1cccc(O)c1. The van der Waals surface area contributed by atoms with Gasteiger partial charge in [0, 0.05) is 13.6 Å². The molecule has 106 valence electrons. The van der Waals surface area contributed by atoms with Crippen LogP contribution in [0.4, 0.5) is 0 Å². The lowest BCUT2D eigenvalue weighted by Gasteiger charge is -2.18. The summed E-state index contributed by atoms with van der Waals surface area (Å²) in [4.78, 5) is 0.0913. The maximum absolute atomic E-state index is 12.4. The fourth-order valence-electron chi connectivity index (χ4n) is 1.94. The van der Waals surface area contributed by atoms with Gasteiger partial charge in [0.05, 0.1) is 4.90 Å². The summed E-state index contributed by atoms with van der Waals surface area (Å²) in [5.74, 6) is -0.0598. The van der Waals surface area contributed by atoms with Crippen LogP contribution in [0.15, 0.2) is 53.4 Å². The van der Waals surface area contributed by atoms with Crippen molar-refractivity contribution in [3.8, 4) is 5.75 Å². The van der Waals surface area contributed by atoms with Gasteiger partial charge in [-0.3, -0.25) is 0 Å². The van der Waals surface area contributed by atoms with Crippen LogP contribution < -0.4 is 0 Å². The molecule has 0 radical (unpaired) electrons. The molecular weight excluding hydrogens is 274 g/mol. The molecule has 5 heteroatoms. The Kier molecular flexibility index (Phi) is 4.11. The molecular formula is C15H17NO3S. The highest BCUT2D eigenvalue weighted by Crippen LogP contribution is 2.21. The zero-order valence-corrected chi connectivity index (χ0v) is 12.3. The molecule has 0 saturated heterocycles. The van der Waals surface area contributed by atoms with Gasteiger partial charge in [-0.2, -0.15) is 4.31 Å². The number of phenols is 1. The Hall–Kier alpha value is -1.85. The van der Waals surface area contributed by atoms with Gasteiger partial charge >= 0.3 is 0 Å². The van der Waals surface area contributed by atoms with Crippen molar-refractivity contribution in [3.05, 3.63) is 59.7 Å². The number of rotatable bonds is 4. The summed E-state index contributed by atoms with van der Waals surface area (Å²) in [5.41, 5.74) is 2.00. The van der Waals surface area contributed by atoms with Gasteiger partial charge in [0.1, 0.15) is 5.75 Å². The van der Waals surface area contributed by atoms with Crippen LogP contribution in [-0.4, -0.2) is 24.9 Å². The van der Waals surface area contributed by atoms with E-state index in [0.29, 0.717) is 6.54 Å². The highest BCUT2D eigenvalue weighted by atomic mass is 32.2. The first-order chi connectivity index (χ1) is 9.41. The topological polar surface area (TPSA) is 57.6 Å². The van der Waals surface area contributed by atoms with Crippen LogP contribution in [-0.2, 0) is 16.6 Å². The third-order valence-electron chi connectivity index (χ3n) is 3.18. The summed E-state index contributed by atoms with van der Waals surface area (Å²) in [6.07, 6.45) is 0. The molecule has 2 aromatic carbocycles. The molecule has 1 N–H and O–H groups in total. The molecule has 0 unspecified atom stereocenters. The summed E-state index contributed by atoms with van der Waals surface area (Å²) in [6.45, 7) is 2.24. The van der Waals surface area contributed by atoms with E-state index in [0.717, 1.165) is 11.1 Å². The van der Waals surface area contributed by atoms with Crippen molar-refractivity contribution in [2.24, 2.45) is 0 Å². The van der Waals surface area contributed by atoms with E-state index < -0.39 is 10.0 Å². The van der Waals surface area contributed by atoms with E-state index in [1.54, 1.807) is 0 Å². The summed E-state index contributed by atoms with van der Waals surface area (Å²) < 4.78 is 26.1. The van der Waals surface area contributed by atoms with Crippen LogP contribution in [0.3, 0.4) is 0 Å². The number of sulfonamides is 1. The summed E-state index contributed by atoms with van der Waals surface area (Å²) in [6, 6.07) is 13.4. The van der Waals surface area contributed by atoms with Crippen molar-refractivity contribution in [3.63, 3.8) is 0 Å². The Morgan fingerprint density at radius 3 is 2.45 bits per heavy atom. The van der Waals surface area contributed by atoms with Crippen LogP contribution in [0.1, 0.15) is 11.1 Å². The van der Waals surface area contributed by atoms with Gasteiger partial charge in [0.25, 0.3) is 0 Å². The molecule has 0 heterocycles. The van der Waals surface area contributed by atoms with E-state index in [2.05, 4.69) is 0 Å². The maximum atomic E-state index is 12.4. The van der Waals surface area contributed by atoms with E-state index >= 15 is 0 Å². The number of nitrogens with zero attached hydrogens (tertiary/aromatic N) is 1. The molecule has 4 nitrogen and oxygen atoms in total. The number of aryl methyl sites for hydroxylation is 1. The van der Waals surface area contributed by atoms with Crippen molar-refractivity contribution < 1.29 is 13.5 Å². The molecule has 0 atom stereocenters. The number of aromatic hydroxyl groups is 1. The minimum atomic E-state index is -3.60. The third kappa shape index (κ3) is 3.00. The number of hydrogen-bond acceptors (Lipinski definition) is 3. The highest BCUT2D eigenvalue weighted by molar-refractivity contribution is 7.89. The Morgan fingerprint density at radius 1 is 1.10 bits per heavy atom. The van der Waals surface area contributed by atoms with E-state index in [1.807, 2.05) is 31.2 Å². The van der Waals surface area contributed by atoms with Crippen molar-refractivity contribution in [1.82, 2.24) is 4.31 Å². The zero-order valence-electron chi connectivity index (χ0n) is 11.4. The number of phenolic OH excluding ortho intramolecular Hbond substituents is 1. The summed E-state index contributed by atoms with van der Waals surface area (Å²) in [7, 11) is -2.07. The van der Waals surface area contributed by atoms with Gasteiger partial charge in [0.15, 0.2) is 0 Å². The standard InChI is InChI=1S/C15H17NO3S/c1-12-6-3-4-7-13(12)11-16(2)20(18,19)15-9-5-8-14(17)10-15/h3-10,17H,11H2,1-2H3. The number of benzene rings is 2. The Bertz CT molecular complexity index is 711. The van der Waals surface area contributed by atoms with Crippen molar-refractivity contribution in [2.75, 3.05) is 7.05 Å². The van der Waals surface area contributed by atoms with Crippen LogP contribution in [0.25, 0.3) is 0 Å². The smallest absolute Gasteiger partial charge is 0.243 e. The normalized spacial score (nSPS) is 11.8. The molecule has 0 bridgehead atoms. The second-order valence-electron chi connectivity index (χ2n) is 4.68. The van der Waals surface area contributed by atoms with E-state index in [-0.39, 0.29) is 10.6 Å². The average Bonchev–Trinajstić information content (AvgIpc) is 2.41. The van der Waals surface area contributed by atoms with Gasteiger partial charge in [-0.25, -0.2) is 8.42 Å². The number of hydrogen-bond donors (Lipinski definition) is 1. The molecule has 20 heavy (non-hydrogen) atoms. The molecule has 0 spiro atoms. The summed E-state index contributed by atoms with van der Waals surface area (Å²) in [5, 5.41) is 9.41. The first-order valence-electron chi connectivity index (χ1n) is 6.21. The lowest BCUT2D eigenvalue weighted by atomic mass is 10.1. The van der Waals surface area contributed by atoms with E-state index in [1.165, 1.54) is 35.6 Å². The van der Waals surface area contributed by atoms with Gasteiger partial charge in [0.2, 0.25) is 10.0 Å². The van der Waals surface area contributed by atoms with Crippen LogP contribution in [0.5, 0.6) is 5.75 Å². The van der Waals surface area contributed by atoms with Gasteiger partial charge in [-0.05, 0) is 36.2 Å². The third-order valence-corrected chi connectivity index (χ3v) is 4.98. The molecule has 2 rings (SSSR count). The van der Waals surface area contributed by atoms with Gasteiger partial charge < -0.3 is 5.11 Å². The highest BCUT2D eigenvalue weighted by Gasteiger charge is 2.21. The first-order valence-corrected chi connectivity index (χ1v) is 7.65.